The SMILES string of the molecule is COCCOC(C)OP(C)(C)=N[Si](C)(C)C. The lowest BCUT2D eigenvalue weighted by molar-refractivity contribution is -0.0749. The van der Waals surface area contributed by atoms with E-state index in [2.05, 4.69) is 33.0 Å². The molecule has 0 aromatic carbocycles. The molecular formula is C10H26NO3PSi. The minimum Gasteiger partial charge on any atom is -0.382 e. The van der Waals surface area contributed by atoms with Gasteiger partial charge < -0.3 is 18.4 Å². The maximum Gasteiger partial charge on any atom is 0.173 e. The number of ether oxygens (including phenoxy) is 2. The highest BCUT2D eigenvalue weighted by molar-refractivity contribution is 7.61. The van der Waals surface area contributed by atoms with Crippen molar-refractivity contribution in [2.24, 2.45) is 4.41 Å². The molecule has 0 amide bonds. The fourth-order valence-corrected chi connectivity index (χ4v) is 8.19. The van der Waals surface area contributed by atoms with Gasteiger partial charge in [0, 0.05) is 7.11 Å². The van der Waals surface area contributed by atoms with Gasteiger partial charge in [-0.15, -0.1) is 0 Å². The summed E-state index contributed by atoms with van der Waals surface area (Å²) in [4.78, 5) is 0. The second-order valence-corrected chi connectivity index (χ2v) is 13.0. The van der Waals surface area contributed by atoms with Crippen LogP contribution in [-0.4, -0.2) is 48.2 Å². The van der Waals surface area contributed by atoms with E-state index < -0.39 is 15.5 Å². The predicted molar refractivity (Wildman–Crippen MR) is 72.9 cm³/mol. The van der Waals surface area contributed by atoms with Gasteiger partial charge in [-0.25, -0.2) is 0 Å². The molecule has 0 bridgehead atoms. The summed E-state index contributed by atoms with van der Waals surface area (Å²) < 4.78 is 21.1. The van der Waals surface area contributed by atoms with Crippen LogP contribution < -0.4 is 0 Å². The number of hydrogen-bond acceptors (Lipinski definition) is 4. The Bertz CT molecular complexity index is 247. The van der Waals surface area contributed by atoms with Crippen LogP contribution in [0.3, 0.4) is 0 Å². The van der Waals surface area contributed by atoms with Gasteiger partial charge in [0.05, 0.1) is 20.5 Å². The van der Waals surface area contributed by atoms with Crippen LogP contribution >= 0.6 is 7.28 Å². The Morgan fingerprint density at radius 3 is 2.19 bits per heavy atom. The van der Waals surface area contributed by atoms with Crippen molar-refractivity contribution in [3.05, 3.63) is 0 Å². The van der Waals surface area contributed by atoms with Crippen LogP contribution in [0.2, 0.25) is 19.6 Å². The summed E-state index contributed by atoms with van der Waals surface area (Å²) in [5, 5.41) is 0. The highest BCUT2D eigenvalue weighted by Crippen LogP contribution is 2.45. The molecule has 16 heavy (non-hydrogen) atoms. The van der Waals surface area contributed by atoms with E-state index >= 15 is 0 Å². The third-order valence-electron chi connectivity index (χ3n) is 1.59. The van der Waals surface area contributed by atoms with Gasteiger partial charge in [0.1, 0.15) is 0 Å². The summed E-state index contributed by atoms with van der Waals surface area (Å²) in [6.07, 6.45) is -0.210. The number of hydrogen-bond donors (Lipinski definition) is 0. The molecule has 0 N–H and O–H groups in total. The summed E-state index contributed by atoms with van der Waals surface area (Å²) >= 11 is 0. The Labute approximate surface area is 101 Å². The van der Waals surface area contributed by atoms with Gasteiger partial charge in [0.2, 0.25) is 0 Å². The van der Waals surface area contributed by atoms with Crippen LogP contribution in [0.1, 0.15) is 6.92 Å². The van der Waals surface area contributed by atoms with Crippen molar-refractivity contribution in [1.82, 2.24) is 0 Å². The molecule has 1 unspecified atom stereocenters. The zero-order valence-electron chi connectivity index (χ0n) is 11.6. The molecule has 0 aliphatic heterocycles. The summed E-state index contributed by atoms with van der Waals surface area (Å²) in [5.41, 5.74) is 0. The van der Waals surface area contributed by atoms with Crippen molar-refractivity contribution < 1.29 is 14.0 Å². The first-order chi connectivity index (χ1) is 7.16. The average molecular weight is 267 g/mol. The summed E-state index contributed by atoms with van der Waals surface area (Å²) in [6.45, 7) is 13.9. The van der Waals surface area contributed by atoms with Crippen LogP contribution in [0.25, 0.3) is 0 Å². The quantitative estimate of drug-likeness (QED) is 0.308. The largest absolute Gasteiger partial charge is 0.382 e. The van der Waals surface area contributed by atoms with Crippen LogP contribution in [0.15, 0.2) is 4.41 Å². The van der Waals surface area contributed by atoms with Crippen molar-refractivity contribution >= 4 is 15.5 Å². The zero-order chi connectivity index (χ0) is 12.8. The molecule has 1 atom stereocenters. The monoisotopic (exact) mass is 267 g/mol. The first-order valence-corrected chi connectivity index (χ1v) is 11.5. The summed E-state index contributed by atoms with van der Waals surface area (Å²) in [6, 6.07) is 0. The van der Waals surface area contributed by atoms with Crippen LogP contribution in [0.4, 0.5) is 0 Å². The minimum atomic E-state index is -1.65. The number of rotatable bonds is 7. The van der Waals surface area contributed by atoms with Crippen molar-refractivity contribution in [1.29, 1.82) is 0 Å². The van der Waals surface area contributed by atoms with E-state index in [0.29, 0.717) is 13.2 Å². The second kappa shape index (κ2) is 6.92. The molecule has 0 aliphatic carbocycles. The van der Waals surface area contributed by atoms with Crippen LogP contribution in [0.5, 0.6) is 0 Å². The first-order valence-electron chi connectivity index (χ1n) is 5.53. The minimum absolute atomic E-state index is 0.210. The molecule has 0 radical (unpaired) electrons. The first kappa shape index (κ1) is 16.3. The lowest BCUT2D eigenvalue weighted by atomic mass is 10.7. The number of methoxy groups -OCH3 is 1. The van der Waals surface area contributed by atoms with Gasteiger partial charge in [-0.05, 0) is 39.9 Å². The molecule has 6 heteroatoms. The fourth-order valence-electron chi connectivity index (χ4n) is 1.44. The van der Waals surface area contributed by atoms with Crippen molar-refractivity contribution in [3.8, 4) is 0 Å². The average Bonchev–Trinajstić information content (AvgIpc) is 1.98. The molecular weight excluding hydrogens is 241 g/mol. The fraction of sp³-hybridized carbons (Fsp3) is 1.00. The third-order valence-corrected chi connectivity index (χ3v) is 6.73. The van der Waals surface area contributed by atoms with Gasteiger partial charge in [0.15, 0.2) is 14.5 Å². The summed E-state index contributed by atoms with van der Waals surface area (Å²) in [7, 11) is -1.42. The molecule has 0 fully saturated rings. The van der Waals surface area contributed by atoms with Gasteiger partial charge in [-0.3, -0.25) is 0 Å². The van der Waals surface area contributed by atoms with Crippen molar-refractivity contribution in [3.63, 3.8) is 0 Å². The third kappa shape index (κ3) is 9.55. The Hall–Kier alpha value is 0.327. The van der Waals surface area contributed by atoms with Gasteiger partial charge in [-0.1, -0.05) is 0 Å². The molecule has 0 saturated carbocycles. The van der Waals surface area contributed by atoms with Gasteiger partial charge >= 0.3 is 0 Å². The van der Waals surface area contributed by atoms with Crippen LogP contribution in [0, 0.1) is 0 Å². The van der Waals surface area contributed by atoms with E-state index in [1.54, 1.807) is 7.11 Å². The molecule has 0 aliphatic rings. The van der Waals surface area contributed by atoms with Crippen molar-refractivity contribution in [2.45, 2.75) is 32.9 Å². The molecule has 98 valence electrons. The van der Waals surface area contributed by atoms with Crippen molar-refractivity contribution in [2.75, 3.05) is 33.7 Å². The maximum atomic E-state index is 5.86. The van der Waals surface area contributed by atoms with E-state index in [-0.39, 0.29) is 6.29 Å². The molecule has 4 nitrogen and oxygen atoms in total. The lowest BCUT2D eigenvalue weighted by Gasteiger charge is -2.24. The lowest BCUT2D eigenvalue weighted by Crippen LogP contribution is -2.18. The maximum absolute atomic E-state index is 5.86. The Kier molecular flexibility index (Phi) is 7.06. The Morgan fingerprint density at radius 2 is 1.75 bits per heavy atom. The highest BCUT2D eigenvalue weighted by atomic mass is 31.2. The smallest absolute Gasteiger partial charge is 0.173 e. The molecule has 0 rings (SSSR count). The Morgan fingerprint density at radius 1 is 1.19 bits per heavy atom. The molecule has 0 aromatic heterocycles. The zero-order valence-corrected chi connectivity index (χ0v) is 13.5. The number of nitrogens with zero attached hydrogens (tertiary/aromatic N) is 1. The van der Waals surface area contributed by atoms with Crippen LogP contribution in [-0.2, 0) is 14.0 Å². The Balaban J connectivity index is 4.20. The molecule has 0 saturated heterocycles. The van der Waals surface area contributed by atoms with E-state index in [0.717, 1.165) is 0 Å². The predicted octanol–water partition coefficient (Wildman–Crippen LogP) is 3.22. The molecule has 0 aromatic rings. The molecule has 0 spiro atoms. The van der Waals surface area contributed by atoms with E-state index in [1.807, 2.05) is 6.92 Å². The van der Waals surface area contributed by atoms with Gasteiger partial charge in [0.25, 0.3) is 0 Å². The van der Waals surface area contributed by atoms with E-state index in [4.69, 9.17) is 18.4 Å². The van der Waals surface area contributed by atoms with Gasteiger partial charge in [-0.2, -0.15) is 0 Å². The van der Waals surface area contributed by atoms with E-state index in [1.165, 1.54) is 0 Å². The topological polar surface area (TPSA) is 40.0 Å². The normalized spacial score (nSPS) is 14.9. The molecule has 0 heterocycles. The second-order valence-electron chi connectivity index (χ2n) is 5.10. The van der Waals surface area contributed by atoms with E-state index in [9.17, 15) is 0 Å². The summed E-state index contributed by atoms with van der Waals surface area (Å²) in [5.74, 6) is 0. The highest BCUT2D eigenvalue weighted by Gasteiger charge is 2.18. The standard InChI is InChI=1S/C10H26NO3PSi/c1-10(13-9-8-12-2)14-15(3,4)11-16(5,6)7/h10H,8-9H2,1-7H3.